The van der Waals surface area contributed by atoms with Crippen molar-refractivity contribution >= 4 is 34.8 Å². The third-order valence-corrected chi connectivity index (χ3v) is 2.44. The Hall–Kier alpha value is -0.110. The maximum Gasteiger partial charge on any atom is 0.120 e. The smallest absolute Gasteiger partial charge is 0.120 e. The fourth-order valence-electron chi connectivity index (χ4n) is 0.811. The highest BCUT2D eigenvalue weighted by atomic mass is 35.5. The van der Waals surface area contributed by atoms with Crippen molar-refractivity contribution in [2.75, 3.05) is 12.5 Å². The number of hydrogen-bond acceptors (Lipinski definition) is 1. The van der Waals surface area contributed by atoms with Crippen LogP contribution < -0.4 is 4.74 Å². The van der Waals surface area contributed by atoms with Crippen molar-refractivity contribution in [3.05, 3.63) is 28.2 Å². The minimum absolute atomic E-state index is 0.505. The first-order chi connectivity index (χ1) is 8.24. The van der Waals surface area contributed by atoms with Crippen LogP contribution in [0.5, 0.6) is 5.75 Å². The molecule has 0 N–H and O–H groups in total. The molecule has 1 aromatic rings. The second kappa shape index (κ2) is 14.0. The van der Waals surface area contributed by atoms with Gasteiger partial charge in [0.25, 0.3) is 0 Å². The van der Waals surface area contributed by atoms with Gasteiger partial charge >= 0.3 is 0 Å². The Morgan fingerprint density at radius 2 is 1.59 bits per heavy atom. The number of ether oxygens (including phenoxy) is 1. The van der Waals surface area contributed by atoms with Gasteiger partial charge in [0.2, 0.25) is 0 Å². The van der Waals surface area contributed by atoms with Crippen molar-refractivity contribution in [3.63, 3.8) is 0 Å². The van der Waals surface area contributed by atoms with Crippen LogP contribution in [0.3, 0.4) is 0 Å². The summed E-state index contributed by atoms with van der Waals surface area (Å²) in [5.74, 6) is 1.32. The topological polar surface area (TPSA) is 9.23 Å². The highest BCUT2D eigenvalue weighted by molar-refractivity contribution is 6.42. The zero-order chi connectivity index (χ0) is 13.7. The molecule has 17 heavy (non-hydrogen) atoms. The van der Waals surface area contributed by atoms with Crippen molar-refractivity contribution < 1.29 is 4.74 Å². The van der Waals surface area contributed by atoms with Gasteiger partial charge in [0.1, 0.15) is 5.75 Å². The van der Waals surface area contributed by atoms with Gasteiger partial charge in [0, 0.05) is 11.9 Å². The molecule has 0 aromatic heterocycles. The van der Waals surface area contributed by atoms with Gasteiger partial charge in [-0.3, -0.25) is 0 Å². The van der Waals surface area contributed by atoms with Crippen LogP contribution >= 0.6 is 34.8 Å². The van der Waals surface area contributed by atoms with E-state index < -0.39 is 0 Å². The largest absolute Gasteiger partial charge is 0.493 e. The van der Waals surface area contributed by atoms with E-state index in [1.807, 2.05) is 27.7 Å². The average molecular weight is 300 g/mol. The van der Waals surface area contributed by atoms with Crippen LogP contribution in [0.4, 0.5) is 0 Å². The van der Waals surface area contributed by atoms with Gasteiger partial charge in [-0.2, -0.15) is 0 Å². The summed E-state index contributed by atoms with van der Waals surface area (Å²) < 4.78 is 5.35. The lowest BCUT2D eigenvalue weighted by atomic mass is 10.3. The molecule has 4 heteroatoms. The van der Waals surface area contributed by atoms with E-state index in [0.717, 1.165) is 12.2 Å². The van der Waals surface area contributed by atoms with E-state index in [0.29, 0.717) is 22.5 Å². The highest BCUT2D eigenvalue weighted by Crippen LogP contribution is 2.26. The maximum absolute atomic E-state index is 5.79. The summed E-state index contributed by atoms with van der Waals surface area (Å²) in [5.41, 5.74) is 0. The molecule has 0 aliphatic carbocycles. The number of halogens is 3. The average Bonchev–Trinajstić information content (AvgIpc) is 2.39. The fraction of sp³-hybridized carbons (Fsp3) is 0.538. The Kier molecular flexibility index (Phi) is 15.8. The van der Waals surface area contributed by atoms with Crippen molar-refractivity contribution in [2.45, 2.75) is 34.1 Å². The standard InChI is InChI=1S/C9H9Cl3O.2C2H6/c10-4-1-5-13-7-2-3-8(11)9(12)6-7;2*1-2/h2-3,6H,1,4-5H2;2*1-2H3. The molecule has 0 bridgehead atoms. The summed E-state index contributed by atoms with van der Waals surface area (Å²) in [5, 5.41) is 1.04. The van der Waals surface area contributed by atoms with E-state index in [-0.39, 0.29) is 0 Å². The molecule has 0 saturated heterocycles. The summed E-state index contributed by atoms with van der Waals surface area (Å²) >= 11 is 17.0. The number of benzene rings is 1. The molecule has 100 valence electrons. The first-order valence-corrected chi connectivity index (χ1v) is 7.17. The van der Waals surface area contributed by atoms with Crippen LogP contribution in [0.1, 0.15) is 34.1 Å². The lowest BCUT2D eigenvalue weighted by molar-refractivity contribution is 0.318. The Morgan fingerprint density at radius 3 is 2.06 bits per heavy atom. The molecule has 0 unspecified atom stereocenters. The molecule has 0 spiro atoms. The van der Waals surface area contributed by atoms with E-state index in [4.69, 9.17) is 39.5 Å². The zero-order valence-corrected chi connectivity index (χ0v) is 13.2. The van der Waals surface area contributed by atoms with Crippen LogP contribution in [0.2, 0.25) is 10.0 Å². The number of alkyl halides is 1. The Balaban J connectivity index is 0. The summed E-state index contributed by atoms with van der Waals surface area (Å²) in [7, 11) is 0. The molecule has 0 aliphatic heterocycles. The molecule has 0 fully saturated rings. The van der Waals surface area contributed by atoms with E-state index in [2.05, 4.69) is 0 Å². The lowest BCUT2D eigenvalue weighted by Gasteiger charge is -2.05. The predicted octanol–water partition coefficient (Wildman–Crippen LogP) is 6.05. The molecule has 0 heterocycles. The van der Waals surface area contributed by atoms with E-state index in [9.17, 15) is 0 Å². The lowest BCUT2D eigenvalue weighted by Crippen LogP contribution is -1.97. The maximum atomic E-state index is 5.79. The van der Waals surface area contributed by atoms with Crippen molar-refractivity contribution in [1.29, 1.82) is 0 Å². The SMILES string of the molecule is CC.CC.ClCCCOc1ccc(Cl)c(Cl)c1. The molecular formula is C13H21Cl3O. The van der Waals surface area contributed by atoms with E-state index in [1.54, 1.807) is 18.2 Å². The van der Waals surface area contributed by atoms with Gasteiger partial charge in [-0.1, -0.05) is 50.9 Å². The van der Waals surface area contributed by atoms with Gasteiger partial charge in [-0.15, -0.1) is 11.6 Å². The van der Waals surface area contributed by atoms with Crippen LogP contribution in [-0.4, -0.2) is 12.5 Å². The van der Waals surface area contributed by atoms with Gasteiger partial charge in [-0.05, 0) is 18.6 Å². The van der Waals surface area contributed by atoms with Crippen LogP contribution in [0.25, 0.3) is 0 Å². The van der Waals surface area contributed by atoms with Crippen molar-refractivity contribution in [1.82, 2.24) is 0 Å². The van der Waals surface area contributed by atoms with Crippen molar-refractivity contribution in [2.24, 2.45) is 0 Å². The summed E-state index contributed by atoms with van der Waals surface area (Å²) in [6.45, 7) is 8.60. The first-order valence-electron chi connectivity index (χ1n) is 5.88. The number of hydrogen-bond donors (Lipinski definition) is 0. The van der Waals surface area contributed by atoms with Crippen LogP contribution in [-0.2, 0) is 0 Å². The van der Waals surface area contributed by atoms with Gasteiger partial charge in [0.05, 0.1) is 16.7 Å². The molecule has 1 rings (SSSR count). The first kappa shape index (κ1) is 19.2. The summed E-state index contributed by atoms with van der Waals surface area (Å²) in [6.07, 6.45) is 0.821. The Bertz CT molecular complexity index is 277. The molecule has 0 aliphatic rings. The predicted molar refractivity (Wildman–Crippen MR) is 80.0 cm³/mol. The third-order valence-electron chi connectivity index (χ3n) is 1.44. The van der Waals surface area contributed by atoms with Gasteiger partial charge in [-0.25, -0.2) is 0 Å². The highest BCUT2D eigenvalue weighted by Gasteiger charge is 1.99. The van der Waals surface area contributed by atoms with E-state index >= 15 is 0 Å². The monoisotopic (exact) mass is 298 g/mol. The van der Waals surface area contributed by atoms with Crippen LogP contribution in [0, 0.1) is 0 Å². The Morgan fingerprint density at radius 1 is 1.00 bits per heavy atom. The second-order valence-electron chi connectivity index (χ2n) is 2.47. The summed E-state index contributed by atoms with van der Waals surface area (Å²) in [4.78, 5) is 0. The van der Waals surface area contributed by atoms with Crippen molar-refractivity contribution in [3.8, 4) is 5.75 Å². The second-order valence-corrected chi connectivity index (χ2v) is 3.66. The molecule has 0 atom stereocenters. The quantitative estimate of drug-likeness (QED) is 0.485. The molecule has 1 aromatic carbocycles. The molecule has 0 amide bonds. The third kappa shape index (κ3) is 9.58. The molecular weight excluding hydrogens is 279 g/mol. The minimum Gasteiger partial charge on any atom is -0.493 e. The molecule has 1 nitrogen and oxygen atoms in total. The summed E-state index contributed by atoms with van der Waals surface area (Å²) in [6, 6.07) is 5.18. The van der Waals surface area contributed by atoms with Crippen LogP contribution in [0.15, 0.2) is 18.2 Å². The van der Waals surface area contributed by atoms with Gasteiger partial charge < -0.3 is 4.74 Å². The molecule has 0 radical (unpaired) electrons. The normalized spacial score (nSPS) is 8.41. The molecule has 0 saturated carbocycles. The van der Waals surface area contributed by atoms with Gasteiger partial charge in [0.15, 0.2) is 0 Å². The van der Waals surface area contributed by atoms with E-state index in [1.165, 1.54) is 0 Å². The Labute approximate surface area is 120 Å². The minimum atomic E-state index is 0.505. The number of rotatable bonds is 4. The zero-order valence-electron chi connectivity index (χ0n) is 10.9. The fourth-order valence-corrected chi connectivity index (χ4v) is 1.21.